The number of rotatable bonds is 10. The van der Waals surface area contributed by atoms with E-state index in [9.17, 15) is 14.4 Å². The lowest BCUT2D eigenvalue weighted by Crippen LogP contribution is -2.59. The topological polar surface area (TPSA) is 112 Å². The molecule has 40 heavy (non-hydrogen) atoms. The number of fused-ring (bicyclic) bond motifs is 1. The Labute approximate surface area is 236 Å². The number of nitrogens with zero attached hydrogens (tertiary/aromatic N) is 5. The van der Waals surface area contributed by atoms with E-state index in [0.29, 0.717) is 37.5 Å². The number of likely N-dealkylation sites (N-methyl/N-ethyl adjacent to an activating group) is 1. The second-order valence-corrected chi connectivity index (χ2v) is 11.6. The summed E-state index contributed by atoms with van der Waals surface area (Å²) in [5, 5.41) is 5.91. The van der Waals surface area contributed by atoms with Crippen molar-refractivity contribution in [1.29, 1.82) is 0 Å². The van der Waals surface area contributed by atoms with Crippen molar-refractivity contribution in [3.05, 3.63) is 66.2 Å². The van der Waals surface area contributed by atoms with Gasteiger partial charge in [0.05, 0.1) is 6.04 Å². The first kappa shape index (κ1) is 29.2. The molecular weight excluding hydrogens is 506 g/mol. The largest absolute Gasteiger partial charge is 0.342 e. The van der Waals surface area contributed by atoms with Crippen molar-refractivity contribution in [2.24, 2.45) is 5.41 Å². The number of carbonyl (C=O) groups is 3. The van der Waals surface area contributed by atoms with Gasteiger partial charge in [-0.2, -0.15) is 0 Å². The second kappa shape index (κ2) is 12.6. The van der Waals surface area contributed by atoms with Crippen LogP contribution < -0.4 is 10.6 Å². The summed E-state index contributed by atoms with van der Waals surface area (Å²) in [6.45, 7) is 9.10. The molecule has 3 heterocycles. The summed E-state index contributed by atoms with van der Waals surface area (Å²) in [6.07, 6.45) is 7.47. The van der Waals surface area contributed by atoms with Crippen molar-refractivity contribution in [3.8, 4) is 0 Å². The van der Waals surface area contributed by atoms with Gasteiger partial charge < -0.3 is 20.4 Å². The number of likely N-dealkylation sites (tertiary alicyclic amines) is 1. The average molecular weight is 548 g/mol. The summed E-state index contributed by atoms with van der Waals surface area (Å²) in [4.78, 5) is 52.8. The quantitative estimate of drug-likeness (QED) is 0.404. The molecule has 3 unspecified atom stereocenters. The summed E-state index contributed by atoms with van der Waals surface area (Å²) in [5.41, 5.74) is 0.966. The Morgan fingerprint density at radius 2 is 1.90 bits per heavy atom. The fraction of sp³-hybridized carbons (Fsp3) is 0.500. The summed E-state index contributed by atoms with van der Waals surface area (Å²) in [6, 6.07) is 10.6. The van der Waals surface area contributed by atoms with Crippen LogP contribution in [0, 0.1) is 5.41 Å². The van der Waals surface area contributed by atoms with Gasteiger partial charge in [-0.25, -0.2) is 9.97 Å². The van der Waals surface area contributed by atoms with Crippen LogP contribution in [0.1, 0.15) is 56.6 Å². The van der Waals surface area contributed by atoms with Crippen LogP contribution in [-0.2, 0) is 16.0 Å². The van der Waals surface area contributed by atoms with Crippen molar-refractivity contribution < 1.29 is 14.4 Å². The molecule has 0 spiro atoms. The van der Waals surface area contributed by atoms with E-state index in [2.05, 4.69) is 20.6 Å². The predicted octanol–water partition coefficient (Wildman–Crippen LogP) is 2.54. The molecule has 3 aromatic rings. The Balaban J connectivity index is 1.56. The van der Waals surface area contributed by atoms with Crippen molar-refractivity contribution in [2.45, 2.75) is 65.1 Å². The molecule has 0 saturated carbocycles. The number of amides is 3. The highest BCUT2D eigenvalue weighted by molar-refractivity contribution is 5.93. The number of nitrogens with one attached hydrogen (secondary N) is 2. The van der Waals surface area contributed by atoms with Crippen molar-refractivity contribution in [3.63, 3.8) is 0 Å². The van der Waals surface area contributed by atoms with Gasteiger partial charge in [-0.3, -0.25) is 18.8 Å². The molecule has 1 saturated heterocycles. The Morgan fingerprint density at radius 3 is 2.58 bits per heavy atom. The Hall–Kier alpha value is -3.79. The lowest BCUT2D eigenvalue weighted by Gasteiger charge is -2.37. The molecule has 0 bridgehead atoms. The average Bonchev–Trinajstić information content (AvgIpc) is 3.59. The maximum Gasteiger partial charge on any atom is 0.274 e. The Bertz CT molecular complexity index is 1280. The van der Waals surface area contributed by atoms with Gasteiger partial charge in [0.15, 0.2) is 0 Å². The number of hydrogen-bond donors (Lipinski definition) is 2. The van der Waals surface area contributed by atoms with E-state index >= 15 is 0 Å². The van der Waals surface area contributed by atoms with E-state index in [1.807, 2.05) is 62.2 Å². The Morgan fingerprint density at radius 1 is 1.15 bits per heavy atom. The van der Waals surface area contributed by atoms with Gasteiger partial charge in [0.2, 0.25) is 17.6 Å². The smallest absolute Gasteiger partial charge is 0.274 e. The Kier molecular flexibility index (Phi) is 9.19. The monoisotopic (exact) mass is 547 g/mol. The van der Waals surface area contributed by atoms with Gasteiger partial charge >= 0.3 is 0 Å². The van der Waals surface area contributed by atoms with Crippen molar-refractivity contribution in [1.82, 2.24) is 34.8 Å². The van der Waals surface area contributed by atoms with Gasteiger partial charge in [0.25, 0.3) is 5.91 Å². The number of carbonyl (C=O) groups excluding carboxylic acids is 3. The van der Waals surface area contributed by atoms with Crippen molar-refractivity contribution >= 4 is 23.5 Å². The van der Waals surface area contributed by atoms with Crippen LogP contribution >= 0.6 is 0 Å². The van der Waals surface area contributed by atoms with E-state index in [4.69, 9.17) is 0 Å². The van der Waals surface area contributed by atoms with Crippen LogP contribution in [0.2, 0.25) is 0 Å². The fourth-order valence-electron chi connectivity index (χ4n) is 5.06. The minimum atomic E-state index is -0.686. The summed E-state index contributed by atoms with van der Waals surface area (Å²) in [7, 11) is 1.72. The van der Waals surface area contributed by atoms with Crippen LogP contribution in [0.3, 0.4) is 0 Å². The van der Waals surface area contributed by atoms with Crippen LogP contribution in [-0.4, -0.2) is 86.7 Å². The third-order valence-corrected chi connectivity index (χ3v) is 7.57. The van der Waals surface area contributed by atoms with Gasteiger partial charge in [0.1, 0.15) is 11.7 Å². The highest BCUT2D eigenvalue weighted by Crippen LogP contribution is 2.27. The molecule has 1 fully saturated rings. The maximum absolute atomic E-state index is 13.9. The van der Waals surface area contributed by atoms with Crippen LogP contribution in [0.15, 0.2) is 55.0 Å². The zero-order valence-electron chi connectivity index (χ0n) is 24.1. The van der Waals surface area contributed by atoms with Crippen LogP contribution in [0.5, 0.6) is 0 Å². The standard InChI is InChI=1S/C30H41N7O3/c1-21(31-5)26(38)34-25(30(2,3)4)28(40)37-17-9-13-23(37)19-35(18-14-22-11-7-6-8-12-22)27(39)24-20-36-16-10-15-32-29(36)33-24/h6-8,10-12,15-16,20-21,23,25,31H,9,13-14,17-19H2,1-5H3,(H,34,38). The lowest BCUT2D eigenvalue weighted by atomic mass is 9.85. The molecule has 1 aliphatic heterocycles. The fourth-order valence-corrected chi connectivity index (χ4v) is 5.06. The lowest BCUT2D eigenvalue weighted by molar-refractivity contribution is -0.140. The molecule has 1 aliphatic rings. The predicted molar refractivity (Wildman–Crippen MR) is 154 cm³/mol. The second-order valence-electron chi connectivity index (χ2n) is 11.6. The molecule has 3 atom stereocenters. The van der Waals surface area contributed by atoms with Gasteiger partial charge in [-0.05, 0) is 50.3 Å². The van der Waals surface area contributed by atoms with Gasteiger partial charge in [0, 0.05) is 44.3 Å². The third-order valence-electron chi connectivity index (χ3n) is 7.57. The number of imidazole rings is 1. The number of benzene rings is 1. The normalized spacial score (nSPS) is 17.0. The number of aromatic nitrogens is 3. The molecule has 0 radical (unpaired) electrons. The third kappa shape index (κ3) is 6.85. The highest BCUT2D eigenvalue weighted by atomic mass is 16.2. The molecule has 10 heteroatoms. The molecule has 10 nitrogen and oxygen atoms in total. The first-order valence-electron chi connectivity index (χ1n) is 14.0. The molecular formula is C30H41N7O3. The minimum Gasteiger partial charge on any atom is -0.342 e. The molecule has 0 aliphatic carbocycles. The van der Waals surface area contributed by atoms with E-state index in [1.165, 1.54) is 0 Å². The minimum absolute atomic E-state index is 0.112. The molecule has 214 valence electrons. The zero-order chi connectivity index (χ0) is 28.9. The zero-order valence-corrected chi connectivity index (χ0v) is 24.1. The molecule has 2 aromatic heterocycles. The van der Waals surface area contributed by atoms with E-state index in [1.54, 1.807) is 41.7 Å². The van der Waals surface area contributed by atoms with Gasteiger partial charge in [-0.1, -0.05) is 51.1 Å². The van der Waals surface area contributed by atoms with E-state index in [-0.39, 0.29) is 23.8 Å². The first-order chi connectivity index (χ1) is 19.1. The SMILES string of the molecule is CNC(C)C(=O)NC(C(=O)N1CCCC1CN(CCc1ccccc1)C(=O)c1cn2cccnc2n1)C(C)(C)C. The summed E-state index contributed by atoms with van der Waals surface area (Å²) >= 11 is 0. The van der Waals surface area contributed by atoms with Crippen LogP contribution in [0.25, 0.3) is 5.78 Å². The van der Waals surface area contributed by atoms with E-state index in [0.717, 1.165) is 18.4 Å². The highest BCUT2D eigenvalue weighted by Gasteiger charge is 2.41. The number of hydrogen-bond acceptors (Lipinski definition) is 6. The van der Waals surface area contributed by atoms with Crippen molar-refractivity contribution in [2.75, 3.05) is 26.7 Å². The van der Waals surface area contributed by atoms with E-state index < -0.39 is 17.5 Å². The maximum atomic E-state index is 13.9. The first-order valence-corrected chi connectivity index (χ1v) is 14.0. The molecule has 4 rings (SSSR count). The summed E-state index contributed by atoms with van der Waals surface area (Å²) < 4.78 is 1.73. The molecule has 2 N–H and O–H groups in total. The summed E-state index contributed by atoms with van der Waals surface area (Å²) in [5.74, 6) is -0.0546. The van der Waals surface area contributed by atoms with Crippen LogP contribution in [0.4, 0.5) is 0 Å². The van der Waals surface area contributed by atoms with Gasteiger partial charge in [-0.15, -0.1) is 0 Å². The molecule has 3 amide bonds. The molecule has 1 aromatic carbocycles.